The molecule has 3 rings (SSSR count). The van der Waals surface area contributed by atoms with Crippen LogP contribution in [0.1, 0.15) is 19.3 Å². The summed E-state index contributed by atoms with van der Waals surface area (Å²) in [5.74, 6) is -0.0159. The fourth-order valence-electron chi connectivity index (χ4n) is 1.95. The van der Waals surface area contributed by atoms with Crippen LogP contribution in [0.25, 0.3) is 10.6 Å². The standard InChI is InChI=1S/C13H13N3O2S/c17-12(8-3-1-4-8)14-10-7-9(15-16-13(10)18)11-5-2-6-19-11/h2,5-8H,1,3-4H2,(H,16,18)(H,14,15,17). The Kier molecular flexibility index (Phi) is 3.16. The van der Waals surface area contributed by atoms with Crippen LogP contribution in [0.2, 0.25) is 0 Å². The minimum Gasteiger partial charge on any atom is -0.321 e. The maximum atomic E-state index is 11.9. The number of aromatic nitrogens is 2. The molecular formula is C13H13N3O2S. The zero-order valence-electron chi connectivity index (χ0n) is 10.2. The Balaban J connectivity index is 1.86. The van der Waals surface area contributed by atoms with Gasteiger partial charge in [-0.2, -0.15) is 5.10 Å². The molecule has 6 heteroatoms. The summed E-state index contributed by atoms with van der Waals surface area (Å²) in [6.45, 7) is 0. The molecule has 1 fully saturated rings. The Morgan fingerprint density at radius 1 is 1.47 bits per heavy atom. The number of hydrogen-bond acceptors (Lipinski definition) is 4. The van der Waals surface area contributed by atoms with Gasteiger partial charge in [-0.3, -0.25) is 9.59 Å². The molecule has 2 aromatic rings. The predicted octanol–water partition coefficient (Wildman–Crippen LogP) is 2.24. The third-order valence-corrected chi connectivity index (χ3v) is 4.20. The minimum atomic E-state index is -0.368. The lowest BCUT2D eigenvalue weighted by Crippen LogP contribution is -2.30. The summed E-state index contributed by atoms with van der Waals surface area (Å²) in [7, 11) is 0. The molecule has 0 unspecified atom stereocenters. The molecule has 0 bridgehead atoms. The van der Waals surface area contributed by atoms with Crippen LogP contribution >= 0.6 is 11.3 Å². The quantitative estimate of drug-likeness (QED) is 0.902. The summed E-state index contributed by atoms with van der Waals surface area (Å²) < 4.78 is 0. The second-order valence-corrected chi connectivity index (χ2v) is 5.54. The molecule has 1 saturated carbocycles. The summed E-state index contributed by atoms with van der Waals surface area (Å²) in [5, 5.41) is 11.0. The SMILES string of the molecule is O=C(Nc1cc(-c2cccs2)n[nH]c1=O)C1CCC1. The van der Waals surface area contributed by atoms with Crippen LogP contribution < -0.4 is 10.9 Å². The predicted molar refractivity (Wildman–Crippen MR) is 74.1 cm³/mol. The lowest BCUT2D eigenvalue weighted by Gasteiger charge is -2.23. The van der Waals surface area contributed by atoms with Crippen molar-refractivity contribution in [2.45, 2.75) is 19.3 Å². The van der Waals surface area contributed by atoms with Crippen molar-refractivity contribution in [3.8, 4) is 10.6 Å². The number of H-pyrrole nitrogens is 1. The van der Waals surface area contributed by atoms with E-state index in [1.807, 2.05) is 17.5 Å². The second kappa shape index (κ2) is 4.97. The van der Waals surface area contributed by atoms with Crippen LogP contribution in [0.4, 0.5) is 5.69 Å². The van der Waals surface area contributed by atoms with Crippen molar-refractivity contribution in [3.63, 3.8) is 0 Å². The Morgan fingerprint density at radius 2 is 2.32 bits per heavy atom. The molecule has 19 heavy (non-hydrogen) atoms. The average molecular weight is 275 g/mol. The highest BCUT2D eigenvalue weighted by molar-refractivity contribution is 7.13. The largest absolute Gasteiger partial charge is 0.321 e. The summed E-state index contributed by atoms with van der Waals surface area (Å²) in [5.41, 5.74) is 0.571. The van der Waals surface area contributed by atoms with Gasteiger partial charge in [-0.25, -0.2) is 5.10 Å². The Hall–Kier alpha value is -1.95. The first-order chi connectivity index (χ1) is 9.24. The van der Waals surface area contributed by atoms with E-state index in [4.69, 9.17) is 0 Å². The molecule has 1 aliphatic rings. The van der Waals surface area contributed by atoms with E-state index in [0.29, 0.717) is 5.69 Å². The van der Waals surface area contributed by atoms with Gasteiger partial charge >= 0.3 is 0 Å². The summed E-state index contributed by atoms with van der Waals surface area (Å²) in [6.07, 6.45) is 2.91. The molecule has 0 atom stereocenters. The number of carbonyl (C=O) groups is 1. The van der Waals surface area contributed by atoms with Gasteiger partial charge in [0.15, 0.2) is 0 Å². The molecule has 1 aliphatic carbocycles. The summed E-state index contributed by atoms with van der Waals surface area (Å²) in [6, 6.07) is 5.46. The number of thiophene rings is 1. The first kappa shape index (κ1) is 12.1. The molecular weight excluding hydrogens is 262 g/mol. The molecule has 0 aromatic carbocycles. The lowest BCUT2D eigenvalue weighted by molar-refractivity contribution is -0.122. The number of amides is 1. The van der Waals surface area contributed by atoms with Crippen LogP contribution in [0, 0.1) is 5.92 Å². The van der Waals surface area contributed by atoms with Crippen molar-refractivity contribution in [1.29, 1.82) is 0 Å². The lowest BCUT2D eigenvalue weighted by atomic mass is 9.85. The first-order valence-corrected chi connectivity index (χ1v) is 7.06. The average Bonchev–Trinajstić information content (AvgIpc) is 2.83. The highest BCUT2D eigenvalue weighted by Gasteiger charge is 2.25. The number of anilines is 1. The number of rotatable bonds is 3. The number of hydrogen-bond donors (Lipinski definition) is 2. The third-order valence-electron chi connectivity index (χ3n) is 3.31. The van der Waals surface area contributed by atoms with Gasteiger partial charge in [-0.1, -0.05) is 12.5 Å². The smallest absolute Gasteiger partial charge is 0.287 e. The maximum absolute atomic E-state index is 11.9. The molecule has 2 aromatic heterocycles. The number of aromatic amines is 1. The molecule has 98 valence electrons. The normalized spacial score (nSPS) is 14.9. The van der Waals surface area contributed by atoms with Gasteiger partial charge in [0.25, 0.3) is 5.56 Å². The van der Waals surface area contributed by atoms with Crippen LogP contribution in [0.3, 0.4) is 0 Å². The Labute approximate surface area is 113 Å². The summed E-state index contributed by atoms with van der Waals surface area (Å²) in [4.78, 5) is 24.5. The van der Waals surface area contributed by atoms with E-state index >= 15 is 0 Å². The number of carbonyl (C=O) groups excluding carboxylic acids is 1. The van der Waals surface area contributed by atoms with E-state index in [2.05, 4.69) is 15.5 Å². The van der Waals surface area contributed by atoms with Gasteiger partial charge in [-0.05, 0) is 30.4 Å². The molecule has 1 amide bonds. The van der Waals surface area contributed by atoms with Crippen molar-refractivity contribution < 1.29 is 4.79 Å². The molecule has 0 saturated heterocycles. The number of nitrogens with zero attached hydrogens (tertiary/aromatic N) is 1. The minimum absolute atomic E-state index is 0.0535. The highest BCUT2D eigenvalue weighted by atomic mass is 32.1. The van der Waals surface area contributed by atoms with Crippen LogP contribution in [0.5, 0.6) is 0 Å². The van der Waals surface area contributed by atoms with Crippen LogP contribution in [0.15, 0.2) is 28.4 Å². The van der Waals surface area contributed by atoms with Gasteiger partial charge in [0.1, 0.15) is 11.4 Å². The fraction of sp³-hybridized carbons (Fsp3) is 0.308. The van der Waals surface area contributed by atoms with Gasteiger partial charge in [0.05, 0.1) is 4.88 Å². The second-order valence-electron chi connectivity index (χ2n) is 4.59. The van der Waals surface area contributed by atoms with Crippen molar-refractivity contribution >= 4 is 22.9 Å². The van der Waals surface area contributed by atoms with E-state index in [1.165, 1.54) is 11.3 Å². The van der Waals surface area contributed by atoms with Crippen molar-refractivity contribution in [2.24, 2.45) is 5.92 Å². The fourth-order valence-corrected chi connectivity index (χ4v) is 2.64. The van der Waals surface area contributed by atoms with E-state index < -0.39 is 0 Å². The highest BCUT2D eigenvalue weighted by Crippen LogP contribution is 2.28. The molecule has 0 aliphatic heterocycles. The van der Waals surface area contributed by atoms with E-state index in [-0.39, 0.29) is 23.1 Å². The first-order valence-electron chi connectivity index (χ1n) is 6.18. The number of nitrogens with one attached hydrogen (secondary N) is 2. The van der Waals surface area contributed by atoms with Gasteiger partial charge in [-0.15, -0.1) is 11.3 Å². The van der Waals surface area contributed by atoms with Crippen molar-refractivity contribution in [3.05, 3.63) is 33.9 Å². The summed E-state index contributed by atoms with van der Waals surface area (Å²) >= 11 is 1.53. The maximum Gasteiger partial charge on any atom is 0.287 e. The zero-order valence-corrected chi connectivity index (χ0v) is 11.0. The monoisotopic (exact) mass is 275 g/mol. The van der Waals surface area contributed by atoms with Gasteiger partial charge < -0.3 is 5.32 Å². The van der Waals surface area contributed by atoms with E-state index in [0.717, 1.165) is 24.1 Å². The van der Waals surface area contributed by atoms with Gasteiger partial charge in [0, 0.05) is 5.92 Å². The Morgan fingerprint density at radius 3 is 2.95 bits per heavy atom. The van der Waals surface area contributed by atoms with Crippen molar-refractivity contribution in [1.82, 2.24) is 10.2 Å². The zero-order chi connectivity index (χ0) is 13.2. The molecule has 0 radical (unpaired) electrons. The third kappa shape index (κ3) is 2.44. The topological polar surface area (TPSA) is 74.8 Å². The molecule has 2 N–H and O–H groups in total. The Bertz CT molecular complexity index is 644. The van der Waals surface area contributed by atoms with Crippen LogP contribution in [-0.4, -0.2) is 16.1 Å². The van der Waals surface area contributed by atoms with E-state index in [9.17, 15) is 9.59 Å². The van der Waals surface area contributed by atoms with Crippen LogP contribution in [-0.2, 0) is 4.79 Å². The molecule has 2 heterocycles. The van der Waals surface area contributed by atoms with Crippen molar-refractivity contribution in [2.75, 3.05) is 5.32 Å². The molecule has 0 spiro atoms. The molecule has 5 nitrogen and oxygen atoms in total. The van der Waals surface area contributed by atoms with E-state index in [1.54, 1.807) is 6.07 Å². The van der Waals surface area contributed by atoms with Gasteiger partial charge in [0.2, 0.25) is 5.91 Å².